The zero-order valence-electron chi connectivity index (χ0n) is 9.82. The second kappa shape index (κ2) is 5.87. The lowest BCUT2D eigenvalue weighted by Gasteiger charge is -2.07. The SMILES string of the molecule is N#Cc1cc(F)ccc1NC(=O)c1cc(Cl)nc(Cl)c1. The van der Waals surface area contributed by atoms with Gasteiger partial charge >= 0.3 is 0 Å². The van der Waals surface area contributed by atoms with Crippen LogP contribution in [0.15, 0.2) is 30.3 Å². The summed E-state index contributed by atoms with van der Waals surface area (Å²) in [5.74, 6) is -1.09. The molecule has 0 radical (unpaired) electrons. The van der Waals surface area contributed by atoms with E-state index in [4.69, 9.17) is 28.5 Å². The van der Waals surface area contributed by atoms with E-state index in [2.05, 4.69) is 10.3 Å². The van der Waals surface area contributed by atoms with E-state index in [1.807, 2.05) is 0 Å². The number of hydrogen-bond acceptors (Lipinski definition) is 3. The van der Waals surface area contributed by atoms with Crippen molar-refractivity contribution in [2.24, 2.45) is 0 Å². The molecular weight excluding hydrogens is 304 g/mol. The number of aromatic nitrogens is 1. The van der Waals surface area contributed by atoms with E-state index in [0.717, 1.165) is 12.1 Å². The van der Waals surface area contributed by atoms with Crippen LogP contribution in [0.2, 0.25) is 10.3 Å². The summed E-state index contributed by atoms with van der Waals surface area (Å²) >= 11 is 11.4. The molecule has 7 heteroatoms. The minimum Gasteiger partial charge on any atom is -0.321 e. The minimum absolute atomic E-state index is 0.0181. The molecule has 0 saturated heterocycles. The second-order valence-electron chi connectivity index (χ2n) is 3.76. The van der Waals surface area contributed by atoms with Crippen LogP contribution in [0.1, 0.15) is 15.9 Å². The van der Waals surface area contributed by atoms with Crippen molar-refractivity contribution in [1.82, 2.24) is 4.98 Å². The molecule has 0 aliphatic heterocycles. The highest BCUT2D eigenvalue weighted by molar-refractivity contribution is 6.33. The van der Waals surface area contributed by atoms with E-state index >= 15 is 0 Å². The monoisotopic (exact) mass is 309 g/mol. The largest absolute Gasteiger partial charge is 0.321 e. The number of benzene rings is 1. The van der Waals surface area contributed by atoms with E-state index in [9.17, 15) is 9.18 Å². The molecule has 20 heavy (non-hydrogen) atoms. The van der Waals surface area contributed by atoms with Crippen LogP contribution < -0.4 is 5.32 Å². The van der Waals surface area contributed by atoms with Crippen LogP contribution in [-0.4, -0.2) is 10.9 Å². The van der Waals surface area contributed by atoms with Crippen molar-refractivity contribution in [1.29, 1.82) is 5.26 Å². The summed E-state index contributed by atoms with van der Waals surface area (Å²) in [6.07, 6.45) is 0. The Kier molecular flexibility index (Phi) is 4.18. The Hall–Kier alpha value is -2.16. The summed E-state index contributed by atoms with van der Waals surface area (Å²) < 4.78 is 13.0. The number of amides is 1. The maximum absolute atomic E-state index is 13.0. The summed E-state index contributed by atoms with van der Waals surface area (Å²) in [6.45, 7) is 0. The maximum atomic E-state index is 13.0. The fourth-order valence-electron chi connectivity index (χ4n) is 1.51. The van der Waals surface area contributed by atoms with Gasteiger partial charge in [0.25, 0.3) is 5.91 Å². The van der Waals surface area contributed by atoms with Crippen LogP contribution in [0, 0.1) is 17.1 Å². The summed E-state index contributed by atoms with van der Waals surface area (Å²) in [4.78, 5) is 15.7. The molecule has 100 valence electrons. The van der Waals surface area contributed by atoms with Gasteiger partial charge in [0.05, 0.1) is 11.3 Å². The highest BCUT2D eigenvalue weighted by Gasteiger charge is 2.12. The van der Waals surface area contributed by atoms with Gasteiger partial charge < -0.3 is 5.32 Å². The Labute approximate surface area is 123 Å². The Morgan fingerprint density at radius 1 is 1.25 bits per heavy atom. The first-order valence-corrected chi connectivity index (χ1v) is 6.09. The molecule has 1 N–H and O–H groups in total. The number of nitriles is 1. The predicted octanol–water partition coefficient (Wildman–Crippen LogP) is 3.65. The lowest BCUT2D eigenvalue weighted by atomic mass is 10.1. The summed E-state index contributed by atoms with van der Waals surface area (Å²) in [5, 5.41) is 11.5. The van der Waals surface area contributed by atoms with Crippen LogP contribution >= 0.6 is 23.2 Å². The lowest BCUT2D eigenvalue weighted by Crippen LogP contribution is -2.13. The van der Waals surface area contributed by atoms with Crippen LogP contribution in [0.5, 0.6) is 0 Å². The topological polar surface area (TPSA) is 65.8 Å². The molecule has 0 unspecified atom stereocenters. The van der Waals surface area contributed by atoms with Gasteiger partial charge in [0.2, 0.25) is 0 Å². The van der Waals surface area contributed by atoms with Gasteiger partial charge in [0.1, 0.15) is 22.2 Å². The van der Waals surface area contributed by atoms with Crippen LogP contribution in [0.3, 0.4) is 0 Å². The lowest BCUT2D eigenvalue weighted by molar-refractivity contribution is 0.102. The smallest absolute Gasteiger partial charge is 0.255 e. The summed E-state index contributed by atoms with van der Waals surface area (Å²) in [5.41, 5.74) is 0.399. The Morgan fingerprint density at radius 2 is 1.90 bits per heavy atom. The molecule has 0 spiro atoms. The van der Waals surface area contributed by atoms with Crippen molar-refractivity contribution < 1.29 is 9.18 Å². The zero-order chi connectivity index (χ0) is 14.7. The molecule has 1 amide bonds. The van der Waals surface area contributed by atoms with Crippen molar-refractivity contribution in [2.75, 3.05) is 5.32 Å². The molecule has 0 bridgehead atoms. The van der Waals surface area contributed by atoms with Gasteiger partial charge in [0, 0.05) is 5.56 Å². The third-order valence-corrected chi connectivity index (χ3v) is 2.76. The first kappa shape index (κ1) is 14.3. The molecule has 1 aromatic heterocycles. The second-order valence-corrected chi connectivity index (χ2v) is 4.53. The summed E-state index contributed by atoms with van der Waals surface area (Å²) in [7, 11) is 0. The van der Waals surface area contributed by atoms with Crippen molar-refractivity contribution in [3.05, 3.63) is 57.6 Å². The number of anilines is 1. The van der Waals surface area contributed by atoms with E-state index in [1.54, 1.807) is 6.07 Å². The average Bonchev–Trinajstić information content (AvgIpc) is 2.39. The number of carbonyl (C=O) groups excluding carboxylic acids is 1. The number of carbonyl (C=O) groups is 1. The van der Waals surface area contributed by atoms with Gasteiger partial charge in [0.15, 0.2) is 0 Å². The maximum Gasteiger partial charge on any atom is 0.255 e. The van der Waals surface area contributed by atoms with Crippen LogP contribution in [0.25, 0.3) is 0 Å². The number of nitrogens with zero attached hydrogens (tertiary/aromatic N) is 2. The van der Waals surface area contributed by atoms with Gasteiger partial charge in [-0.25, -0.2) is 9.37 Å². The van der Waals surface area contributed by atoms with Gasteiger partial charge in [-0.2, -0.15) is 5.26 Å². The number of nitrogens with one attached hydrogen (secondary N) is 1. The van der Waals surface area contributed by atoms with E-state index in [0.29, 0.717) is 0 Å². The third-order valence-electron chi connectivity index (χ3n) is 2.38. The molecule has 0 aliphatic carbocycles. The fraction of sp³-hybridized carbons (Fsp3) is 0. The van der Waals surface area contributed by atoms with Crippen molar-refractivity contribution in [3.8, 4) is 6.07 Å². The van der Waals surface area contributed by atoms with Gasteiger partial charge in [-0.3, -0.25) is 4.79 Å². The fourth-order valence-corrected chi connectivity index (χ4v) is 1.97. The first-order valence-electron chi connectivity index (χ1n) is 5.33. The molecular formula is C13H6Cl2FN3O. The van der Waals surface area contributed by atoms with E-state index in [1.165, 1.54) is 18.2 Å². The van der Waals surface area contributed by atoms with Crippen LogP contribution in [0.4, 0.5) is 10.1 Å². The quantitative estimate of drug-likeness (QED) is 0.861. The zero-order valence-corrected chi connectivity index (χ0v) is 11.3. The number of hydrogen-bond donors (Lipinski definition) is 1. The number of halogens is 3. The molecule has 0 aliphatic rings. The number of rotatable bonds is 2. The Balaban J connectivity index is 2.30. The predicted molar refractivity (Wildman–Crippen MR) is 73.3 cm³/mol. The van der Waals surface area contributed by atoms with E-state index < -0.39 is 11.7 Å². The third kappa shape index (κ3) is 3.23. The number of pyridine rings is 1. The molecule has 0 fully saturated rings. The van der Waals surface area contributed by atoms with Crippen molar-refractivity contribution in [3.63, 3.8) is 0 Å². The molecule has 0 atom stereocenters. The Morgan fingerprint density at radius 3 is 2.50 bits per heavy atom. The van der Waals surface area contributed by atoms with Gasteiger partial charge in [-0.15, -0.1) is 0 Å². The van der Waals surface area contributed by atoms with Crippen LogP contribution in [-0.2, 0) is 0 Å². The van der Waals surface area contributed by atoms with Gasteiger partial charge in [-0.1, -0.05) is 23.2 Å². The standard InChI is InChI=1S/C13H6Cl2FN3O/c14-11-4-7(5-12(15)19-11)13(20)18-10-2-1-9(16)3-8(10)6-17/h1-5H,(H,18,20). The first-order chi connectivity index (χ1) is 9.49. The molecule has 2 rings (SSSR count). The van der Waals surface area contributed by atoms with Crippen molar-refractivity contribution in [2.45, 2.75) is 0 Å². The minimum atomic E-state index is -0.561. The average molecular weight is 310 g/mol. The highest BCUT2D eigenvalue weighted by Crippen LogP contribution is 2.19. The summed E-state index contributed by atoms with van der Waals surface area (Å²) in [6, 6.07) is 7.93. The van der Waals surface area contributed by atoms with E-state index in [-0.39, 0.29) is 27.1 Å². The molecule has 4 nitrogen and oxygen atoms in total. The Bertz CT molecular complexity index is 708. The molecule has 2 aromatic rings. The molecule has 1 aromatic carbocycles. The molecule has 0 saturated carbocycles. The van der Waals surface area contributed by atoms with Crippen molar-refractivity contribution >= 4 is 34.8 Å². The normalized spacial score (nSPS) is 9.90. The molecule has 1 heterocycles. The van der Waals surface area contributed by atoms with Gasteiger partial charge in [-0.05, 0) is 30.3 Å². The highest BCUT2D eigenvalue weighted by atomic mass is 35.5.